The molecule has 2 amide bonds. The maximum absolute atomic E-state index is 14.9. The van der Waals surface area contributed by atoms with Crippen molar-refractivity contribution in [2.24, 2.45) is 5.73 Å². The van der Waals surface area contributed by atoms with E-state index >= 15 is 0 Å². The van der Waals surface area contributed by atoms with Crippen molar-refractivity contribution in [2.75, 3.05) is 0 Å². The molecule has 9 heteroatoms. The Bertz CT molecular complexity index is 2200. The number of rotatable bonds is 14. The lowest BCUT2D eigenvalue weighted by atomic mass is 9.93. The Labute approximate surface area is 294 Å². The lowest BCUT2D eigenvalue weighted by molar-refractivity contribution is -0.136. The Balaban J connectivity index is 1.42. The fourth-order valence-electron chi connectivity index (χ4n) is 6.59. The molecule has 0 unspecified atom stereocenters. The number of carbonyl (C=O) groups is 4. The van der Waals surface area contributed by atoms with Crippen LogP contribution in [0.15, 0.2) is 133 Å². The Morgan fingerprint density at radius 3 is 1.63 bits per heavy atom. The number of carboxylic acids is 2. The minimum Gasteiger partial charge on any atom is -0.478 e. The van der Waals surface area contributed by atoms with E-state index in [2.05, 4.69) is 5.32 Å². The van der Waals surface area contributed by atoms with Gasteiger partial charge in [-0.15, -0.1) is 0 Å². The molecule has 9 nitrogen and oxygen atoms in total. The van der Waals surface area contributed by atoms with E-state index in [0.29, 0.717) is 12.1 Å². The Morgan fingerprint density at radius 1 is 0.588 bits per heavy atom. The second-order valence-electron chi connectivity index (χ2n) is 12.5. The molecule has 0 saturated heterocycles. The number of carboxylic acid groups (broad SMARTS) is 2. The number of aromatic carboxylic acids is 2. The normalized spacial score (nSPS) is 12.3. The number of hydrogen-bond acceptors (Lipinski definition) is 5. The van der Waals surface area contributed by atoms with Gasteiger partial charge in [0.25, 0.3) is 0 Å². The maximum Gasteiger partial charge on any atom is 0.335 e. The quantitative estimate of drug-likeness (QED) is 0.0947. The van der Waals surface area contributed by atoms with Crippen molar-refractivity contribution in [3.63, 3.8) is 0 Å². The zero-order valence-corrected chi connectivity index (χ0v) is 27.7. The van der Waals surface area contributed by atoms with Crippen LogP contribution in [-0.4, -0.2) is 38.9 Å². The Kier molecular flexibility index (Phi) is 10.5. The molecule has 0 spiro atoms. The van der Waals surface area contributed by atoms with Crippen LogP contribution in [0.1, 0.15) is 67.9 Å². The van der Waals surface area contributed by atoms with E-state index in [9.17, 15) is 29.4 Å². The van der Waals surface area contributed by atoms with Gasteiger partial charge in [-0.05, 0) is 68.1 Å². The molecule has 256 valence electrons. The Hall–Kier alpha value is -6.32. The van der Waals surface area contributed by atoms with Gasteiger partial charge in [-0.25, -0.2) is 9.59 Å². The van der Waals surface area contributed by atoms with Crippen LogP contribution in [0, 0.1) is 0 Å². The SMILES string of the molecule is NC(=O)C[C@@H](c1cccc2ccccc12)N(Cc1ccc(C(=O)O)cc1)C(=O)C[C@H](NCc1ccc(C(=O)O)cc1)c1cccc2ccccc12. The number of primary amides is 1. The average Bonchev–Trinajstić information content (AvgIpc) is 3.14. The maximum atomic E-state index is 14.9. The molecule has 0 heterocycles. The molecule has 0 bridgehead atoms. The highest BCUT2D eigenvalue weighted by Crippen LogP contribution is 2.35. The van der Waals surface area contributed by atoms with Crippen LogP contribution in [0.25, 0.3) is 21.5 Å². The van der Waals surface area contributed by atoms with E-state index in [1.54, 1.807) is 41.3 Å². The summed E-state index contributed by atoms with van der Waals surface area (Å²) < 4.78 is 0. The van der Waals surface area contributed by atoms with Crippen molar-refractivity contribution in [2.45, 2.75) is 38.0 Å². The number of nitrogens with two attached hydrogens (primary N) is 1. The van der Waals surface area contributed by atoms with Crippen molar-refractivity contribution < 1.29 is 29.4 Å². The standard InChI is InChI=1S/C42H37N3O6/c43-39(46)24-38(36-14-6-10-30-8-2-4-12-34(30)36)45(26-28-17-21-32(22-18-28)42(50)51)40(47)23-37(35-13-5-9-29-7-1-3-11-33(29)35)44-25-27-15-19-31(20-16-27)41(48)49/h1-22,37-38,44H,23-26H2,(H2,43,46)(H,48,49)(H,50,51)/t37-,38-/m0/s1. The number of hydrogen-bond donors (Lipinski definition) is 4. The van der Waals surface area contributed by atoms with Gasteiger partial charge in [0, 0.05) is 25.6 Å². The molecule has 2 atom stereocenters. The van der Waals surface area contributed by atoms with Crippen LogP contribution in [0.3, 0.4) is 0 Å². The summed E-state index contributed by atoms with van der Waals surface area (Å²) in [6.45, 7) is 0.449. The van der Waals surface area contributed by atoms with Gasteiger partial charge in [-0.3, -0.25) is 9.59 Å². The first kappa shape index (κ1) is 34.5. The second-order valence-corrected chi connectivity index (χ2v) is 12.5. The lowest BCUT2D eigenvalue weighted by Gasteiger charge is -2.34. The van der Waals surface area contributed by atoms with Gasteiger partial charge in [0.2, 0.25) is 11.8 Å². The molecule has 0 aliphatic heterocycles. The van der Waals surface area contributed by atoms with E-state index in [0.717, 1.165) is 38.2 Å². The zero-order valence-electron chi connectivity index (χ0n) is 27.7. The topological polar surface area (TPSA) is 150 Å². The number of nitrogens with zero attached hydrogens (tertiary/aromatic N) is 1. The Morgan fingerprint density at radius 2 is 1.08 bits per heavy atom. The highest BCUT2D eigenvalue weighted by molar-refractivity contribution is 5.90. The number of nitrogens with one attached hydrogen (secondary N) is 1. The molecule has 0 aromatic heterocycles. The highest BCUT2D eigenvalue weighted by Gasteiger charge is 2.31. The highest BCUT2D eigenvalue weighted by atomic mass is 16.4. The predicted octanol–water partition coefficient (Wildman–Crippen LogP) is 7.26. The van der Waals surface area contributed by atoms with Crippen LogP contribution in [0.2, 0.25) is 0 Å². The van der Waals surface area contributed by atoms with Crippen LogP contribution in [0.4, 0.5) is 0 Å². The molecule has 0 radical (unpaired) electrons. The summed E-state index contributed by atoms with van der Waals surface area (Å²) >= 11 is 0. The molecule has 0 saturated carbocycles. The van der Waals surface area contributed by atoms with Crippen LogP contribution >= 0.6 is 0 Å². The molecule has 6 aromatic carbocycles. The van der Waals surface area contributed by atoms with Crippen molar-refractivity contribution in [3.8, 4) is 0 Å². The molecule has 0 aliphatic carbocycles. The fourth-order valence-corrected chi connectivity index (χ4v) is 6.59. The van der Waals surface area contributed by atoms with Gasteiger partial charge < -0.3 is 26.2 Å². The minimum absolute atomic E-state index is 0.00839. The molecule has 6 rings (SSSR count). The summed E-state index contributed by atoms with van der Waals surface area (Å²) in [5.41, 5.74) is 9.38. The van der Waals surface area contributed by atoms with Gasteiger partial charge in [0.05, 0.1) is 23.6 Å². The van der Waals surface area contributed by atoms with Crippen LogP contribution < -0.4 is 11.1 Å². The molecular weight excluding hydrogens is 642 g/mol. The first-order valence-electron chi connectivity index (χ1n) is 16.6. The summed E-state index contributed by atoms with van der Waals surface area (Å²) in [5.74, 6) is -2.88. The molecular formula is C42H37N3O6. The van der Waals surface area contributed by atoms with Crippen LogP contribution in [0.5, 0.6) is 0 Å². The second kappa shape index (κ2) is 15.5. The predicted molar refractivity (Wildman–Crippen MR) is 196 cm³/mol. The third kappa shape index (κ3) is 8.12. The summed E-state index contributed by atoms with van der Waals surface area (Å²) in [6, 6.07) is 39.2. The molecule has 0 fully saturated rings. The number of amides is 2. The van der Waals surface area contributed by atoms with Crippen molar-refractivity contribution in [3.05, 3.63) is 167 Å². The first-order valence-corrected chi connectivity index (χ1v) is 16.6. The van der Waals surface area contributed by atoms with Crippen molar-refractivity contribution in [1.82, 2.24) is 10.2 Å². The summed E-state index contributed by atoms with van der Waals surface area (Å²) in [6.07, 6.45) is -0.121. The van der Waals surface area contributed by atoms with E-state index in [1.807, 2.05) is 84.9 Å². The van der Waals surface area contributed by atoms with E-state index in [1.165, 1.54) is 12.1 Å². The van der Waals surface area contributed by atoms with Crippen molar-refractivity contribution in [1.29, 1.82) is 0 Å². The minimum atomic E-state index is -1.06. The van der Waals surface area contributed by atoms with E-state index in [4.69, 9.17) is 5.73 Å². The summed E-state index contributed by atoms with van der Waals surface area (Å²) in [4.78, 5) is 52.3. The molecule has 0 aliphatic rings. The van der Waals surface area contributed by atoms with E-state index in [-0.39, 0.29) is 36.4 Å². The smallest absolute Gasteiger partial charge is 0.335 e. The van der Waals surface area contributed by atoms with Gasteiger partial charge in [-0.2, -0.15) is 0 Å². The zero-order chi connectivity index (χ0) is 35.9. The molecule has 6 aromatic rings. The molecule has 5 N–H and O–H groups in total. The van der Waals surface area contributed by atoms with Gasteiger partial charge >= 0.3 is 11.9 Å². The van der Waals surface area contributed by atoms with Gasteiger partial charge in [0.1, 0.15) is 0 Å². The number of benzene rings is 6. The van der Waals surface area contributed by atoms with E-state index < -0.39 is 29.9 Å². The number of carbonyl (C=O) groups excluding carboxylic acids is 2. The fraction of sp³-hybridized carbons (Fsp3) is 0.143. The summed E-state index contributed by atoms with van der Waals surface area (Å²) in [7, 11) is 0. The van der Waals surface area contributed by atoms with Crippen molar-refractivity contribution >= 4 is 45.3 Å². The van der Waals surface area contributed by atoms with Crippen LogP contribution in [-0.2, 0) is 22.7 Å². The molecule has 51 heavy (non-hydrogen) atoms. The lowest BCUT2D eigenvalue weighted by Crippen LogP contribution is -2.39. The largest absolute Gasteiger partial charge is 0.478 e. The average molecular weight is 680 g/mol. The van der Waals surface area contributed by atoms with Gasteiger partial charge in [0.15, 0.2) is 0 Å². The third-order valence-corrected chi connectivity index (χ3v) is 9.16. The summed E-state index contributed by atoms with van der Waals surface area (Å²) in [5, 5.41) is 26.2. The third-order valence-electron chi connectivity index (χ3n) is 9.16. The monoisotopic (exact) mass is 679 g/mol. The van der Waals surface area contributed by atoms with Gasteiger partial charge in [-0.1, -0.05) is 109 Å². The first-order chi connectivity index (χ1) is 24.7. The number of fused-ring (bicyclic) bond motifs is 2.